The van der Waals surface area contributed by atoms with E-state index in [4.69, 9.17) is 5.73 Å². The van der Waals surface area contributed by atoms with Crippen LogP contribution in [0.3, 0.4) is 0 Å². The molecule has 0 fully saturated rings. The molecule has 3 heteroatoms. The molecule has 0 rings (SSSR count). The van der Waals surface area contributed by atoms with Gasteiger partial charge in [0.1, 0.15) is 0 Å². The smallest absolute Gasteiger partial charge is 0.0342 e. The minimum absolute atomic E-state index is 0.720. The molecule has 0 atom stereocenters. The van der Waals surface area contributed by atoms with E-state index in [-0.39, 0.29) is 0 Å². The highest BCUT2D eigenvalue weighted by atomic mass is 32.2. The summed E-state index contributed by atoms with van der Waals surface area (Å²) in [4.78, 5) is 0. The molecule has 0 heterocycles. The highest BCUT2D eigenvalue weighted by Crippen LogP contribution is 1.88. The summed E-state index contributed by atoms with van der Waals surface area (Å²) in [7, 11) is 0. The van der Waals surface area contributed by atoms with E-state index >= 15 is 0 Å². The van der Waals surface area contributed by atoms with Gasteiger partial charge in [0.15, 0.2) is 0 Å². The van der Waals surface area contributed by atoms with Crippen molar-refractivity contribution in [3.63, 3.8) is 0 Å². The van der Waals surface area contributed by atoms with Gasteiger partial charge in [-0.05, 0) is 0 Å². The van der Waals surface area contributed by atoms with Crippen molar-refractivity contribution >= 4 is 28.7 Å². The first kappa shape index (κ1) is 6.40. The number of nitrogens with two attached hydrogens (primary N) is 1. The maximum absolute atomic E-state index is 5.13. The lowest BCUT2D eigenvalue weighted by Gasteiger charge is -1.81. The van der Waals surface area contributed by atoms with Gasteiger partial charge in [0.2, 0.25) is 0 Å². The van der Waals surface area contributed by atoms with E-state index in [0.29, 0.717) is 0 Å². The van der Waals surface area contributed by atoms with E-state index in [1.165, 1.54) is 0 Å². The zero-order chi connectivity index (χ0) is 4.83. The highest BCUT2D eigenvalue weighted by molar-refractivity contribution is 8.20. The molecule has 0 saturated heterocycles. The zero-order valence-corrected chi connectivity index (χ0v) is 5.02. The zero-order valence-electron chi connectivity index (χ0n) is 3.39. The number of rotatable bonds is 3. The molecule has 36 valence electrons. The molecule has 0 radical (unpaired) electrons. The maximum Gasteiger partial charge on any atom is 0.0342 e. The standard InChI is InChI=1S/C3H7NS2/c4-1-2-6-3-5/h3H,1-2,4H2. The average molecular weight is 121 g/mol. The van der Waals surface area contributed by atoms with Crippen molar-refractivity contribution in [2.75, 3.05) is 12.3 Å². The first-order chi connectivity index (χ1) is 2.91. The quantitative estimate of drug-likeness (QED) is 0.438. The number of hydrogen-bond donors (Lipinski definition) is 1. The molecule has 2 N–H and O–H groups in total. The van der Waals surface area contributed by atoms with Crippen molar-refractivity contribution in [1.82, 2.24) is 0 Å². The Hall–Kier alpha value is 0.400. The second kappa shape index (κ2) is 5.40. The van der Waals surface area contributed by atoms with Crippen LogP contribution in [0, 0.1) is 0 Å². The Balaban J connectivity index is 2.49. The Bertz CT molecular complexity index is 37.8. The summed E-state index contributed by atoms with van der Waals surface area (Å²) in [6.45, 7) is 0.720. The Morgan fingerprint density at radius 2 is 2.50 bits per heavy atom. The summed E-state index contributed by atoms with van der Waals surface area (Å²) in [5.74, 6) is 0.948. The maximum atomic E-state index is 5.13. The summed E-state index contributed by atoms with van der Waals surface area (Å²) in [6, 6.07) is 0. The summed E-state index contributed by atoms with van der Waals surface area (Å²) < 4.78 is 1.63. The van der Waals surface area contributed by atoms with Gasteiger partial charge < -0.3 is 5.73 Å². The number of thiocarbonyl (C=S) groups is 1. The van der Waals surface area contributed by atoms with Gasteiger partial charge in [0, 0.05) is 17.0 Å². The Labute approximate surface area is 47.3 Å². The molecule has 0 aromatic rings. The van der Waals surface area contributed by atoms with Gasteiger partial charge in [-0.25, -0.2) is 0 Å². The van der Waals surface area contributed by atoms with Crippen LogP contribution in [0.4, 0.5) is 0 Å². The van der Waals surface area contributed by atoms with Gasteiger partial charge in [0.05, 0.1) is 0 Å². The van der Waals surface area contributed by atoms with Gasteiger partial charge in [-0.3, -0.25) is 0 Å². The van der Waals surface area contributed by atoms with Crippen LogP contribution in [0.1, 0.15) is 0 Å². The first-order valence-electron chi connectivity index (χ1n) is 1.67. The molecule has 0 unspecified atom stereocenters. The fourth-order valence-electron chi connectivity index (χ4n) is 0.116. The monoisotopic (exact) mass is 121 g/mol. The average Bonchev–Trinajstić information content (AvgIpc) is 1.61. The molecular weight excluding hydrogens is 114 g/mol. The summed E-state index contributed by atoms with van der Waals surface area (Å²) in [5, 5.41) is 0. The highest BCUT2D eigenvalue weighted by Gasteiger charge is 1.72. The fraction of sp³-hybridized carbons (Fsp3) is 0.667. The van der Waals surface area contributed by atoms with Crippen LogP contribution in [0.15, 0.2) is 0 Å². The molecule has 0 aromatic carbocycles. The molecule has 0 aliphatic heterocycles. The van der Waals surface area contributed by atoms with Gasteiger partial charge >= 0.3 is 0 Å². The van der Waals surface area contributed by atoms with Crippen molar-refractivity contribution in [3.8, 4) is 0 Å². The predicted molar refractivity (Wildman–Crippen MR) is 35.2 cm³/mol. The molecule has 0 saturated carbocycles. The first-order valence-corrected chi connectivity index (χ1v) is 3.19. The van der Waals surface area contributed by atoms with E-state index < -0.39 is 0 Å². The van der Waals surface area contributed by atoms with Crippen LogP contribution in [0.2, 0.25) is 0 Å². The van der Waals surface area contributed by atoms with Crippen molar-refractivity contribution in [1.29, 1.82) is 0 Å². The van der Waals surface area contributed by atoms with Crippen LogP contribution < -0.4 is 5.73 Å². The Morgan fingerprint density at radius 1 is 1.83 bits per heavy atom. The largest absolute Gasteiger partial charge is 0.330 e. The van der Waals surface area contributed by atoms with Crippen molar-refractivity contribution in [3.05, 3.63) is 0 Å². The van der Waals surface area contributed by atoms with Crippen LogP contribution in [-0.4, -0.2) is 17.0 Å². The predicted octanol–water partition coefficient (Wildman–Crippen LogP) is 0.636. The molecule has 0 amide bonds. The topological polar surface area (TPSA) is 26.0 Å². The second-order valence-corrected chi connectivity index (χ2v) is 2.27. The third-order valence-corrected chi connectivity index (χ3v) is 1.32. The molecule has 0 spiro atoms. The molecular formula is C3H7NS2. The van der Waals surface area contributed by atoms with Gasteiger partial charge in [-0.2, -0.15) is 0 Å². The summed E-state index contributed by atoms with van der Waals surface area (Å²) in [5.41, 5.74) is 5.13. The van der Waals surface area contributed by atoms with E-state index in [1.54, 1.807) is 16.5 Å². The molecule has 6 heavy (non-hydrogen) atoms. The lowest BCUT2D eigenvalue weighted by Crippen LogP contribution is -2.00. The van der Waals surface area contributed by atoms with Gasteiger partial charge in [-0.1, -0.05) is 12.2 Å². The van der Waals surface area contributed by atoms with E-state index in [1.807, 2.05) is 0 Å². The van der Waals surface area contributed by atoms with Crippen LogP contribution in [-0.2, 0) is 0 Å². The molecule has 1 nitrogen and oxygen atoms in total. The normalized spacial score (nSPS) is 8.17. The van der Waals surface area contributed by atoms with Crippen LogP contribution >= 0.6 is 24.0 Å². The molecule has 0 aliphatic carbocycles. The Morgan fingerprint density at radius 3 is 2.67 bits per heavy atom. The lowest BCUT2D eigenvalue weighted by molar-refractivity contribution is 1.15. The molecule has 0 bridgehead atoms. The van der Waals surface area contributed by atoms with Crippen LogP contribution in [0.5, 0.6) is 0 Å². The Kier molecular flexibility index (Phi) is 5.76. The second-order valence-electron chi connectivity index (χ2n) is 0.756. The fourth-order valence-corrected chi connectivity index (χ4v) is 0.637. The van der Waals surface area contributed by atoms with E-state index in [9.17, 15) is 0 Å². The van der Waals surface area contributed by atoms with E-state index in [2.05, 4.69) is 12.2 Å². The lowest BCUT2D eigenvalue weighted by atomic mass is 10.8. The number of thioether (sulfide) groups is 1. The minimum atomic E-state index is 0.720. The van der Waals surface area contributed by atoms with Gasteiger partial charge in [0.25, 0.3) is 0 Å². The minimum Gasteiger partial charge on any atom is -0.330 e. The van der Waals surface area contributed by atoms with Crippen molar-refractivity contribution < 1.29 is 0 Å². The van der Waals surface area contributed by atoms with Crippen molar-refractivity contribution in [2.24, 2.45) is 5.73 Å². The SMILES string of the molecule is NCCSC=S. The summed E-state index contributed by atoms with van der Waals surface area (Å²) in [6.07, 6.45) is 0. The third kappa shape index (κ3) is 4.40. The van der Waals surface area contributed by atoms with Crippen molar-refractivity contribution in [2.45, 2.75) is 0 Å². The third-order valence-electron chi connectivity index (χ3n) is 0.304. The molecule has 0 aromatic heterocycles. The van der Waals surface area contributed by atoms with E-state index in [0.717, 1.165) is 12.3 Å². The summed E-state index contributed by atoms with van der Waals surface area (Å²) >= 11 is 6.07. The van der Waals surface area contributed by atoms with Gasteiger partial charge in [-0.15, -0.1) is 11.8 Å². The van der Waals surface area contributed by atoms with Crippen LogP contribution in [0.25, 0.3) is 0 Å². The molecule has 0 aliphatic rings. The number of hydrogen-bond acceptors (Lipinski definition) is 3.